The fourth-order valence-electron chi connectivity index (χ4n) is 3.85. The molecule has 1 saturated carbocycles. The molecule has 1 aliphatic rings. The predicted octanol–water partition coefficient (Wildman–Crippen LogP) is 5.40. The lowest BCUT2D eigenvalue weighted by molar-refractivity contribution is -0.0387. The molecule has 2 aromatic heterocycles. The lowest BCUT2D eigenvalue weighted by Gasteiger charge is -2.37. The average molecular weight is 438 g/mol. The van der Waals surface area contributed by atoms with E-state index in [1.807, 2.05) is 12.1 Å². The molecule has 5 nitrogen and oxygen atoms in total. The number of hydrogen-bond acceptors (Lipinski definition) is 4. The smallest absolute Gasteiger partial charge is 0.151 e. The summed E-state index contributed by atoms with van der Waals surface area (Å²) in [5.74, 6) is -0.450. The zero-order chi connectivity index (χ0) is 22.2. The van der Waals surface area contributed by atoms with E-state index < -0.39 is 19.5 Å². The van der Waals surface area contributed by atoms with Crippen LogP contribution in [0.15, 0.2) is 36.5 Å². The molecule has 0 saturated heterocycles. The Morgan fingerprint density at radius 1 is 1.26 bits per heavy atom. The van der Waals surface area contributed by atoms with Gasteiger partial charge in [-0.05, 0) is 30.9 Å². The van der Waals surface area contributed by atoms with Crippen LogP contribution in [0.3, 0.4) is 0 Å². The average Bonchev–Trinajstić information content (AvgIpc) is 3.05. The van der Waals surface area contributed by atoms with Crippen LogP contribution in [0, 0.1) is 17.1 Å². The molecule has 1 aliphatic carbocycles. The van der Waals surface area contributed by atoms with E-state index in [4.69, 9.17) is 4.74 Å². The maximum Gasteiger partial charge on any atom is 0.151 e. The molecule has 0 spiro atoms. The van der Waals surface area contributed by atoms with Crippen LogP contribution >= 0.6 is 0 Å². The van der Waals surface area contributed by atoms with Gasteiger partial charge in [0.1, 0.15) is 24.0 Å². The van der Waals surface area contributed by atoms with E-state index >= 15 is 4.39 Å². The summed E-state index contributed by atoms with van der Waals surface area (Å²) >= 11 is 0. The van der Waals surface area contributed by atoms with Gasteiger partial charge in [-0.15, -0.1) is 0 Å². The Kier molecular flexibility index (Phi) is 5.73. The summed E-state index contributed by atoms with van der Waals surface area (Å²) in [6, 6.07) is 11.9. The van der Waals surface area contributed by atoms with Gasteiger partial charge < -0.3 is 14.4 Å². The van der Waals surface area contributed by atoms with Gasteiger partial charge in [0.05, 0.1) is 16.7 Å². The summed E-state index contributed by atoms with van der Waals surface area (Å²) in [4.78, 5) is 4.50. The van der Waals surface area contributed by atoms with Gasteiger partial charge in [-0.1, -0.05) is 43.9 Å². The quantitative estimate of drug-likeness (QED) is 0.397. The monoisotopic (exact) mass is 437 g/mol. The Morgan fingerprint density at radius 2 is 1.97 bits per heavy atom. The highest BCUT2D eigenvalue weighted by Gasteiger charge is 2.36. The predicted molar refractivity (Wildman–Crippen MR) is 122 cm³/mol. The molecule has 2 heterocycles. The first kappa shape index (κ1) is 21.7. The van der Waals surface area contributed by atoms with Crippen molar-refractivity contribution in [1.29, 1.82) is 5.26 Å². The van der Waals surface area contributed by atoms with Gasteiger partial charge in [-0.2, -0.15) is 5.26 Å². The normalized spacial score (nSPS) is 15.6. The summed E-state index contributed by atoms with van der Waals surface area (Å²) < 4.78 is 22.5. The number of aromatic nitrogens is 2. The molecule has 162 valence electrons. The summed E-state index contributed by atoms with van der Waals surface area (Å²) in [6.07, 6.45) is 4.19. The molecule has 4 rings (SSSR count). The molecule has 0 unspecified atom stereocenters. The van der Waals surface area contributed by atoms with Crippen molar-refractivity contribution in [2.45, 2.75) is 57.3 Å². The summed E-state index contributed by atoms with van der Waals surface area (Å²) in [7, 11) is -1.19. The number of benzene rings is 1. The lowest BCUT2D eigenvalue weighted by Crippen LogP contribution is -2.33. The van der Waals surface area contributed by atoms with Crippen LogP contribution in [0.4, 0.5) is 4.39 Å². The zero-order valence-electron chi connectivity index (χ0n) is 18.3. The van der Waals surface area contributed by atoms with E-state index in [1.54, 1.807) is 22.9 Å². The Balaban J connectivity index is 1.61. The maximum atomic E-state index is 15.0. The number of halogens is 1. The topological polar surface area (TPSA) is 71.1 Å². The highest BCUT2D eigenvalue weighted by molar-refractivity contribution is 6.76. The third kappa shape index (κ3) is 4.42. The Bertz CT molecular complexity index is 1140. The number of aliphatic hydroxyl groups is 1. The molecule has 1 aromatic carbocycles. The SMILES string of the molecule is C[Si](C)(C)CCOCn1cc(C#N)c2nc(-c3ccc(C4(O)CCC4)cc3)c(F)cc21. The van der Waals surface area contributed by atoms with Gasteiger partial charge >= 0.3 is 0 Å². The first-order chi connectivity index (χ1) is 14.7. The van der Waals surface area contributed by atoms with Crippen LogP contribution in [0.5, 0.6) is 0 Å². The van der Waals surface area contributed by atoms with Crippen molar-refractivity contribution >= 4 is 19.1 Å². The molecule has 0 radical (unpaired) electrons. The second-order valence-electron chi connectivity index (χ2n) is 9.62. The first-order valence-electron chi connectivity index (χ1n) is 10.7. The molecule has 1 fully saturated rings. The number of pyridine rings is 1. The van der Waals surface area contributed by atoms with Crippen molar-refractivity contribution in [3.63, 3.8) is 0 Å². The van der Waals surface area contributed by atoms with Crippen molar-refractivity contribution in [3.8, 4) is 17.3 Å². The van der Waals surface area contributed by atoms with Crippen molar-refractivity contribution in [2.24, 2.45) is 0 Å². The first-order valence-corrected chi connectivity index (χ1v) is 14.4. The fraction of sp³-hybridized carbons (Fsp3) is 0.417. The number of nitriles is 1. The van der Waals surface area contributed by atoms with Crippen molar-refractivity contribution in [1.82, 2.24) is 9.55 Å². The van der Waals surface area contributed by atoms with Gasteiger partial charge in [0.2, 0.25) is 0 Å². The number of nitrogens with zero attached hydrogens (tertiary/aromatic N) is 3. The van der Waals surface area contributed by atoms with E-state index in [-0.39, 0.29) is 12.4 Å². The van der Waals surface area contributed by atoms with Crippen LogP contribution < -0.4 is 0 Å². The molecule has 0 aliphatic heterocycles. The molecule has 31 heavy (non-hydrogen) atoms. The minimum Gasteiger partial charge on any atom is -0.385 e. The highest BCUT2D eigenvalue weighted by Crippen LogP contribution is 2.41. The van der Waals surface area contributed by atoms with E-state index in [0.29, 0.717) is 28.8 Å². The minimum atomic E-state index is -1.19. The standard InChI is InChI=1S/C24H28FN3O2Si/c1-31(2,3)12-11-30-16-28-15-18(14-26)23-21(28)13-20(25)22(27-23)17-5-7-19(8-6-17)24(29)9-4-10-24/h5-8,13,15,29H,4,9-12,16H2,1-3H3. The molecule has 0 amide bonds. The number of fused-ring (bicyclic) bond motifs is 1. The molecular formula is C24H28FN3O2Si. The second-order valence-corrected chi connectivity index (χ2v) is 15.2. The van der Waals surface area contributed by atoms with Gasteiger partial charge in [0.15, 0.2) is 5.82 Å². The van der Waals surface area contributed by atoms with E-state index in [0.717, 1.165) is 30.9 Å². The van der Waals surface area contributed by atoms with Crippen molar-refractivity contribution in [3.05, 3.63) is 53.5 Å². The van der Waals surface area contributed by atoms with Gasteiger partial charge in [-0.25, -0.2) is 9.37 Å². The molecule has 3 aromatic rings. The summed E-state index contributed by atoms with van der Waals surface area (Å²) in [6.45, 7) is 7.76. The zero-order valence-corrected chi connectivity index (χ0v) is 19.3. The summed E-state index contributed by atoms with van der Waals surface area (Å²) in [5.41, 5.74) is 2.33. The minimum absolute atomic E-state index is 0.202. The fourth-order valence-corrected chi connectivity index (χ4v) is 4.61. The van der Waals surface area contributed by atoms with Crippen LogP contribution in [-0.2, 0) is 17.1 Å². The van der Waals surface area contributed by atoms with Gasteiger partial charge in [-0.3, -0.25) is 0 Å². The third-order valence-electron chi connectivity index (χ3n) is 6.03. The van der Waals surface area contributed by atoms with Crippen LogP contribution in [0.1, 0.15) is 30.4 Å². The van der Waals surface area contributed by atoms with Gasteiger partial charge in [0.25, 0.3) is 0 Å². The number of ether oxygens (including phenoxy) is 1. The Labute approximate surface area is 183 Å². The van der Waals surface area contributed by atoms with Crippen molar-refractivity contribution < 1.29 is 14.2 Å². The lowest BCUT2D eigenvalue weighted by atomic mass is 9.75. The molecule has 0 bridgehead atoms. The van der Waals surface area contributed by atoms with Crippen molar-refractivity contribution in [2.75, 3.05) is 6.61 Å². The molecule has 7 heteroatoms. The molecular weight excluding hydrogens is 409 g/mol. The Hall–Kier alpha value is -2.53. The Morgan fingerprint density at radius 3 is 2.55 bits per heavy atom. The number of hydrogen-bond donors (Lipinski definition) is 1. The number of rotatable bonds is 7. The third-order valence-corrected chi connectivity index (χ3v) is 7.73. The second kappa shape index (κ2) is 8.19. The van der Waals surface area contributed by atoms with E-state index in [9.17, 15) is 10.4 Å². The van der Waals surface area contributed by atoms with E-state index in [1.165, 1.54) is 6.07 Å². The largest absolute Gasteiger partial charge is 0.385 e. The maximum absolute atomic E-state index is 15.0. The van der Waals surface area contributed by atoms with Crippen LogP contribution in [0.2, 0.25) is 25.7 Å². The summed E-state index contributed by atoms with van der Waals surface area (Å²) in [5, 5.41) is 20.1. The van der Waals surface area contributed by atoms with Gasteiger partial charge in [0, 0.05) is 32.5 Å². The molecule has 1 N–H and O–H groups in total. The molecule has 0 atom stereocenters. The highest BCUT2D eigenvalue weighted by atomic mass is 28.3. The van der Waals surface area contributed by atoms with E-state index in [2.05, 4.69) is 30.7 Å². The van der Waals surface area contributed by atoms with Crippen LogP contribution in [0.25, 0.3) is 22.3 Å². The van der Waals surface area contributed by atoms with Crippen LogP contribution in [-0.4, -0.2) is 29.3 Å².